The monoisotopic (exact) mass is 246 g/mol. The Morgan fingerprint density at radius 1 is 1.06 bits per heavy atom. The third-order valence-corrected chi connectivity index (χ3v) is 3.97. The van der Waals surface area contributed by atoms with Gasteiger partial charge in [-0.2, -0.15) is 0 Å². The number of rotatable bonds is 4. The maximum atomic E-state index is 3.43. The van der Waals surface area contributed by atoms with Crippen LogP contribution >= 0.6 is 0 Å². The molecular weight excluding hydrogens is 220 g/mol. The quantitative estimate of drug-likeness (QED) is 0.878. The fraction of sp³-hybridized carbons (Fsp3) is 0.625. The number of nitrogens with one attached hydrogen (secondary N) is 1. The van der Waals surface area contributed by atoms with Crippen molar-refractivity contribution in [2.45, 2.75) is 39.2 Å². The standard InChI is InChI=1S/C16H26N2/c1-4-16(18-11-9-17-10-12-18)15-7-5-14(6-8-15)13(2)3/h5-8,13,16-17H,4,9-12H2,1-3H3/t16-/m1/s1. The van der Waals surface area contributed by atoms with E-state index < -0.39 is 0 Å². The van der Waals surface area contributed by atoms with Crippen LogP contribution in [0.15, 0.2) is 24.3 Å². The summed E-state index contributed by atoms with van der Waals surface area (Å²) in [5.41, 5.74) is 2.91. The van der Waals surface area contributed by atoms with Crippen LogP contribution < -0.4 is 5.32 Å². The molecule has 0 radical (unpaired) electrons. The van der Waals surface area contributed by atoms with Crippen LogP contribution in [0.5, 0.6) is 0 Å². The molecule has 2 rings (SSSR count). The van der Waals surface area contributed by atoms with Gasteiger partial charge in [0.15, 0.2) is 0 Å². The van der Waals surface area contributed by atoms with E-state index in [0.29, 0.717) is 12.0 Å². The van der Waals surface area contributed by atoms with E-state index in [1.54, 1.807) is 0 Å². The maximum absolute atomic E-state index is 3.43. The van der Waals surface area contributed by atoms with Crippen molar-refractivity contribution >= 4 is 0 Å². The lowest BCUT2D eigenvalue weighted by molar-refractivity contribution is 0.169. The third kappa shape index (κ3) is 3.12. The van der Waals surface area contributed by atoms with Gasteiger partial charge in [0.1, 0.15) is 0 Å². The molecule has 1 heterocycles. The van der Waals surface area contributed by atoms with Crippen molar-refractivity contribution in [3.63, 3.8) is 0 Å². The van der Waals surface area contributed by atoms with Crippen LogP contribution in [0.4, 0.5) is 0 Å². The van der Waals surface area contributed by atoms with Crippen molar-refractivity contribution in [2.24, 2.45) is 0 Å². The number of hydrogen-bond acceptors (Lipinski definition) is 2. The van der Waals surface area contributed by atoms with Gasteiger partial charge >= 0.3 is 0 Å². The molecule has 0 amide bonds. The highest BCUT2D eigenvalue weighted by Gasteiger charge is 2.20. The summed E-state index contributed by atoms with van der Waals surface area (Å²) in [6, 6.07) is 9.83. The van der Waals surface area contributed by atoms with Crippen molar-refractivity contribution in [1.29, 1.82) is 0 Å². The number of hydrogen-bond donors (Lipinski definition) is 1. The summed E-state index contributed by atoms with van der Waals surface area (Å²) in [6.45, 7) is 11.4. The summed E-state index contributed by atoms with van der Waals surface area (Å²) in [5, 5.41) is 3.43. The van der Waals surface area contributed by atoms with Crippen LogP contribution in [-0.2, 0) is 0 Å². The Morgan fingerprint density at radius 2 is 1.61 bits per heavy atom. The molecule has 0 saturated carbocycles. The summed E-state index contributed by atoms with van der Waals surface area (Å²) in [7, 11) is 0. The molecule has 100 valence electrons. The van der Waals surface area contributed by atoms with Crippen LogP contribution in [0.25, 0.3) is 0 Å². The van der Waals surface area contributed by atoms with E-state index in [9.17, 15) is 0 Å². The highest BCUT2D eigenvalue weighted by molar-refractivity contribution is 5.27. The highest BCUT2D eigenvalue weighted by Crippen LogP contribution is 2.26. The normalized spacial score (nSPS) is 19.1. The average molecular weight is 246 g/mol. The number of nitrogens with zero attached hydrogens (tertiary/aromatic N) is 1. The van der Waals surface area contributed by atoms with E-state index in [4.69, 9.17) is 0 Å². The number of piperazine rings is 1. The summed E-state index contributed by atoms with van der Waals surface area (Å²) < 4.78 is 0. The summed E-state index contributed by atoms with van der Waals surface area (Å²) in [5.74, 6) is 0.623. The smallest absolute Gasteiger partial charge is 0.0346 e. The molecule has 1 fully saturated rings. The summed E-state index contributed by atoms with van der Waals surface area (Å²) in [4.78, 5) is 2.61. The topological polar surface area (TPSA) is 15.3 Å². The van der Waals surface area contributed by atoms with Crippen LogP contribution in [0.2, 0.25) is 0 Å². The Labute approximate surface area is 111 Å². The second kappa shape index (κ2) is 6.35. The zero-order valence-electron chi connectivity index (χ0n) is 11.9. The minimum absolute atomic E-state index is 0.591. The molecule has 1 aromatic rings. The first-order valence-corrected chi connectivity index (χ1v) is 7.27. The second-order valence-corrected chi connectivity index (χ2v) is 5.53. The molecule has 1 saturated heterocycles. The predicted molar refractivity (Wildman–Crippen MR) is 78.0 cm³/mol. The molecule has 0 spiro atoms. The molecule has 2 heteroatoms. The Balaban J connectivity index is 2.11. The summed E-state index contributed by atoms with van der Waals surface area (Å²) in [6.07, 6.45) is 1.20. The molecule has 2 nitrogen and oxygen atoms in total. The lowest BCUT2D eigenvalue weighted by atomic mass is 9.97. The molecule has 0 aliphatic carbocycles. The molecular formula is C16H26N2. The third-order valence-electron chi connectivity index (χ3n) is 3.97. The fourth-order valence-electron chi connectivity index (χ4n) is 2.80. The predicted octanol–water partition coefficient (Wildman–Crippen LogP) is 3.17. The van der Waals surface area contributed by atoms with Gasteiger partial charge in [0.05, 0.1) is 0 Å². The molecule has 1 atom stereocenters. The van der Waals surface area contributed by atoms with Gasteiger partial charge in [-0.05, 0) is 23.5 Å². The first-order chi connectivity index (χ1) is 8.72. The number of benzene rings is 1. The minimum atomic E-state index is 0.591. The van der Waals surface area contributed by atoms with Gasteiger partial charge < -0.3 is 5.32 Å². The van der Waals surface area contributed by atoms with Crippen LogP contribution in [0.1, 0.15) is 50.3 Å². The largest absolute Gasteiger partial charge is 0.314 e. The molecule has 0 unspecified atom stereocenters. The van der Waals surface area contributed by atoms with E-state index in [0.717, 1.165) is 13.1 Å². The highest BCUT2D eigenvalue weighted by atomic mass is 15.2. The van der Waals surface area contributed by atoms with Gasteiger partial charge in [-0.15, -0.1) is 0 Å². The van der Waals surface area contributed by atoms with E-state index in [1.165, 1.54) is 30.6 Å². The van der Waals surface area contributed by atoms with Gasteiger partial charge in [-0.3, -0.25) is 4.90 Å². The Morgan fingerprint density at radius 3 is 2.11 bits per heavy atom. The molecule has 18 heavy (non-hydrogen) atoms. The molecule has 1 aromatic carbocycles. The molecule has 0 bridgehead atoms. The molecule has 0 aromatic heterocycles. The van der Waals surface area contributed by atoms with E-state index in [1.807, 2.05) is 0 Å². The second-order valence-electron chi connectivity index (χ2n) is 5.53. The molecule has 1 N–H and O–H groups in total. The minimum Gasteiger partial charge on any atom is -0.314 e. The lowest BCUT2D eigenvalue weighted by Gasteiger charge is -2.34. The van der Waals surface area contributed by atoms with E-state index in [2.05, 4.69) is 55.3 Å². The van der Waals surface area contributed by atoms with Crippen molar-refractivity contribution in [2.75, 3.05) is 26.2 Å². The zero-order valence-corrected chi connectivity index (χ0v) is 11.9. The van der Waals surface area contributed by atoms with Gasteiger partial charge in [0.2, 0.25) is 0 Å². The van der Waals surface area contributed by atoms with Crippen LogP contribution in [-0.4, -0.2) is 31.1 Å². The van der Waals surface area contributed by atoms with Gasteiger partial charge in [0.25, 0.3) is 0 Å². The Hall–Kier alpha value is -0.860. The van der Waals surface area contributed by atoms with Gasteiger partial charge in [-0.1, -0.05) is 45.0 Å². The maximum Gasteiger partial charge on any atom is 0.0346 e. The first-order valence-electron chi connectivity index (χ1n) is 7.27. The Kier molecular flexibility index (Phi) is 4.79. The van der Waals surface area contributed by atoms with Crippen LogP contribution in [0, 0.1) is 0 Å². The first kappa shape index (κ1) is 13.6. The van der Waals surface area contributed by atoms with Crippen molar-refractivity contribution in [1.82, 2.24) is 10.2 Å². The molecule has 1 aliphatic rings. The SMILES string of the molecule is CC[C@H](c1ccc(C(C)C)cc1)N1CCNCC1. The van der Waals surface area contributed by atoms with E-state index >= 15 is 0 Å². The Bertz CT molecular complexity index is 350. The average Bonchev–Trinajstić information content (AvgIpc) is 2.41. The van der Waals surface area contributed by atoms with Gasteiger partial charge in [0, 0.05) is 32.2 Å². The van der Waals surface area contributed by atoms with Crippen molar-refractivity contribution < 1.29 is 0 Å². The van der Waals surface area contributed by atoms with Gasteiger partial charge in [-0.25, -0.2) is 0 Å². The van der Waals surface area contributed by atoms with Crippen molar-refractivity contribution in [3.05, 3.63) is 35.4 Å². The lowest BCUT2D eigenvalue weighted by Crippen LogP contribution is -2.45. The summed E-state index contributed by atoms with van der Waals surface area (Å²) >= 11 is 0. The van der Waals surface area contributed by atoms with E-state index in [-0.39, 0.29) is 0 Å². The van der Waals surface area contributed by atoms with Crippen molar-refractivity contribution in [3.8, 4) is 0 Å². The van der Waals surface area contributed by atoms with Crippen LogP contribution in [0.3, 0.4) is 0 Å². The zero-order chi connectivity index (χ0) is 13.0. The molecule has 1 aliphatic heterocycles. The fourth-order valence-corrected chi connectivity index (χ4v) is 2.80.